The average molecular weight is 511 g/mol. The van der Waals surface area contributed by atoms with Crippen LogP contribution < -0.4 is 14.9 Å². The third-order valence-electron chi connectivity index (χ3n) is 7.67. The van der Waals surface area contributed by atoms with Crippen molar-refractivity contribution in [3.63, 3.8) is 0 Å². The summed E-state index contributed by atoms with van der Waals surface area (Å²) in [4.78, 5) is 18.7. The second-order valence-corrected chi connectivity index (χ2v) is 10.5. The van der Waals surface area contributed by atoms with Gasteiger partial charge in [0.15, 0.2) is 5.76 Å². The van der Waals surface area contributed by atoms with Gasteiger partial charge in [0.25, 0.3) is 0 Å². The van der Waals surface area contributed by atoms with E-state index in [1.807, 2.05) is 12.1 Å². The fraction of sp³-hybridized carbons (Fsp3) is 0.483. The van der Waals surface area contributed by atoms with Gasteiger partial charge in [-0.25, -0.2) is 0 Å². The quantitative estimate of drug-likeness (QED) is 0.410. The van der Waals surface area contributed by atoms with Crippen LogP contribution in [0.4, 0.5) is 0 Å². The monoisotopic (exact) mass is 510 g/mol. The van der Waals surface area contributed by atoms with Gasteiger partial charge in [0.05, 0.1) is 24.6 Å². The summed E-state index contributed by atoms with van der Waals surface area (Å²) < 4.78 is 17.5. The number of ether oxygens (including phenoxy) is 2. The molecule has 0 N–H and O–H groups in total. The van der Waals surface area contributed by atoms with Crippen LogP contribution in [0.15, 0.2) is 39.5 Å². The van der Waals surface area contributed by atoms with E-state index in [0.717, 1.165) is 51.1 Å². The number of halogens is 1. The second-order valence-electron chi connectivity index (χ2n) is 10.1. The molecule has 0 spiro atoms. The summed E-state index contributed by atoms with van der Waals surface area (Å²) in [5.74, 6) is 1.51. The van der Waals surface area contributed by atoms with Crippen LogP contribution in [-0.2, 0) is 6.54 Å². The number of likely N-dealkylation sites (tertiary alicyclic amines) is 2. The van der Waals surface area contributed by atoms with Crippen molar-refractivity contribution in [2.75, 3.05) is 47.4 Å². The van der Waals surface area contributed by atoms with Crippen molar-refractivity contribution in [2.45, 2.75) is 44.6 Å². The van der Waals surface area contributed by atoms with Gasteiger partial charge in [-0.05, 0) is 100 Å². The Labute approximate surface area is 217 Å². The highest BCUT2D eigenvalue weighted by Gasteiger charge is 2.26. The maximum absolute atomic E-state index is 13.8. The van der Waals surface area contributed by atoms with Gasteiger partial charge in [-0.15, -0.1) is 0 Å². The van der Waals surface area contributed by atoms with Crippen LogP contribution in [0, 0.1) is 0 Å². The molecule has 2 aromatic carbocycles. The van der Waals surface area contributed by atoms with Gasteiger partial charge in [0.2, 0.25) is 11.2 Å². The lowest BCUT2D eigenvalue weighted by Crippen LogP contribution is -2.30. The first-order valence-corrected chi connectivity index (χ1v) is 13.3. The normalized spacial score (nSPS) is 18.0. The van der Waals surface area contributed by atoms with E-state index in [0.29, 0.717) is 39.0 Å². The number of piperidine rings is 2. The SMILES string of the molecule is COc1ccc(-c2oc3c(C4CCN(C)CC4)cc(CN4CCCCC4)cc3c(=O)c2OC)cc1Cl. The second kappa shape index (κ2) is 10.8. The third kappa shape index (κ3) is 4.99. The molecule has 0 unspecified atom stereocenters. The molecular formula is C29H35ClN2O4. The molecule has 2 aliphatic rings. The highest BCUT2D eigenvalue weighted by Crippen LogP contribution is 2.39. The maximum atomic E-state index is 13.8. The van der Waals surface area contributed by atoms with Gasteiger partial charge in [0, 0.05) is 12.1 Å². The van der Waals surface area contributed by atoms with Crippen LogP contribution in [0.1, 0.15) is 49.1 Å². The standard InChI is InChI=1S/C29H35ClN2O4/c1-31-13-9-20(10-14-31)22-15-19(18-32-11-5-4-6-12-32)16-23-26(33)29(35-3)27(36-28(22)23)21-7-8-25(34-2)24(30)17-21/h7-8,15-17,20H,4-6,9-14,18H2,1-3H3. The fourth-order valence-electron chi connectivity index (χ4n) is 5.64. The topological polar surface area (TPSA) is 55.2 Å². The van der Waals surface area contributed by atoms with Crippen molar-refractivity contribution in [2.24, 2.45) is 0 Å². The molecule has 0 atom stereocenters. The third-order valence-corrected chi connectivity index (χ3v) is 7.97. The number of hydrogen-bond acceptors (Lipinski definition) is 6. The highest BCUT2D eigenvalue weighted by atomic mass is 35.5. The molecular weight excluding hydrogens is 476 g/mol. The first-order chi connectivity index (χ1) is 17.5. The molecule has 6 nitrogen and oxygen atoms in total. The zero-order valence-corrected chi connectivity index (χ0v) is 22.2. The van der Waals surface area contributed by atoms with Gasteiger partial charge >= 0.3 is 0 Å². The van der Waals surface area contributed by atoms with Crippen LogP contribution in [0.5, 0.6) is 11.5 Å². The molecule has 2 aliphatic heterocycles. The van der Waals surface area contributed by atoms with Crippen LogP contribution >= 0.6 is 11.6 Å². The van der Waals surface area contributed by atoms with Gasteiger partial charge in [-0.3, -0.25) is 9.69 Å². The molecule has 0 saturated carbocycles. The van der Waals surface area contributed by atoms with Crippen molar-refractivity contribution < 1.29 is 13.9 Å². The smallest absolute Gasteiger partial charge is 0.235 e. The number of fused-ring (bicyclic) bond motifs is 1. The minimum Gasteiger partial charge on any atom is -0.495 e. The first-order valence-electron chi connectivity index (χ1n) is 12.9. The van der Waals surface area contributed by atoms with E-state index in [1.165, 1.54) is 31.9 Å². The average Bonchev–Trinajstić information content (AvgIpc) is 2.89. The molecule has 2 fully saturated rings. The van der Waals surface area contributed by atoms with Gasteiger partial charge in [0.1, 0.15) is 11.3 Å². The molecule has 3 heterocycles. The van der Waals surface area contributed by atoms with E-state index in [9.17, 15) is 4.79 Å². The first kappa shape index (κ1) is 25.1. The largest absolute Gasteiger partial charge is 0.495 e. The number of methoxy groups -OCH3 is 2. The van der Waals surface area contributed by atoms with Crippen molar-refractivity contribution in [1.29, 1.82) is 0 Å². The molecule has 2 saturated heterocycles. The Balaban J connectivity index is 1.67. The van der Waals surface area contributed by atoms with Crippen molar-refractivity contribution >= 4 is 22.6 Å². The molecule has 0 aliphatic carbocycles. The molecule has 0 bridgehead atoms. The Morgan fingerprint density at radius 1 is 1.00 bits per heavy atom. The predicted molar refractivity (Wildman–Crippen MR) is 145 cm³/mol. The molecule has 0 amide bonds. The van der Waals surface area contributed by atoms with Crippen LogP contribution in [0.3, 0.4) is 0 Å². The lowest BCUT2D eigenvalue weighted by Gasteiger charge is -2.30. The lowest BCUT2D eigenvalue weighted by molar-refractivity contribution is 0.220. The van der Waals surface area contributed by atoms with E-state index in [2.05, 4.69) is 22.9 Å². The number of benzene rings is 2. The van der Waals surface area contributed by atoms with Gasteiger partial charge < -0.3 is 18.8 Å². The molecule has 0 radical (unpaired) electrons. The van der Waals surface area contributed by atoms with E-state index in [-0.39, 0.29) is 11.2 Å². The molecule has 192 valence electrons. The Hall–Kier alpha value is -2.54. The summed E-state index contributed by atoms with van der Waals surface area (Å²) in [5, 5.41) is 1.05. The summed E-state index contributed by atoms with van der Waals surface area (Å²) in [6, 6.07) is 9.68. The van der Waals surface area contributed by atoms with E-state index < -0.39 is 0 Å². The van der Waals surface area contributed by atoms with Crippen molar-refractivity contribution in [1.82, 2.24) is 9.80 Å². The van der Waals surface area contributed by atoms with E-state index >= 15 is 0 Å². The van der Waals surface area contributed by atoms with Gasteiger partial charge in [-0.2, -0.15) is 0 Å². The highest BCUT2D eigenvalue weighted by molar-refractivity contribution is 6.32. The Bertz CT molecular complexity index is 1290. The molecule has 3 aromatic rings. The van der Waals surface area contributed by atoms with Crippen molar-refractivity contribution in [3.05, 3.63) is 56.7 Å². The Morgan fingerprint density at radius 2 is 1.75 bits per heavy atom. The summed E-state index contributed by atoms with van der Waals surface area (Å²) >= 11 is 6.42. The van der Waals surface area contributed by atoms with Gasteiger partial charge in [-0.1, -0.05) is 24.1 Å². The molecule has 5 rings (SSSR count). The summed E-state index contributed by atoms with van der Waals surface area (Å²) in [6.07, 6.45) is 5.85. The zero-order valence-electron chi connectivity index (χ0n) is 21.4. The summed E-state index contributed by atoms with van der Waals surface area (Å²) in [7, 11) is 5.26. The number of hydrogen-bond donors (Lipinski definition) is 0. The molecule has 36 heavy (non-hydrogen) atoms. The Kier molecular flexibility index (Phi) is 7.56. The molecule has 1 aromatic heterocycles. The molecule has 7 heteroatoms. The minimum atomic E-state index is -0.143. The number of nitrogens with zero attached hydrogens (tertiary/aromatic N) is 2. The summed E-state index contributed by atoms with van der Waals surface area (Å²) in [6.45, 7) is 5.13. The van der Waals surface area contributed by atoms with Crippen LogP contribution in [0.25, 0.3) is 22.3 Å². The maximum Gasteiger partial charge on any atom is 0.235 e. The zero-order chi connectivity index (χ0) is 25.2. The summed E-state index contributed by atoms with van der Waals surface area (Å²) in [5.41, 5.74) is 3.51. The number of rotatable bonds is 6. The predicted octanol–water partition coefficient (Wildman–Crippen LogP) is 5.93. The Morgan fingerprint density at radius 3 is 2.42 bits per heavy atom. The lowest BCUT2D eigenvalue weighted by atomic mass is 9.87. The fourth-order valence-corrected chi connectivity index (χ4v) is 5.90. The van der Waals surface area contributed by atoms with E-state index in [4.69, 9.17) is 25.5 Å². The minimum absolute atomic E-state index is 0.143. The van der Waals surface area contributed by atoms with Crippen molar-refractivity contribution in [3.8, 4) is 22.8 Å². The van der Waals surface area contributed by atoms with E-state index in [1.54, 1.807) is 19.2 Å². The van der Waals surface area contributed by atoms with Crippen LogP contribution in [-0.4, -0.2) is 57.2 Å². The van der Waals surface area contributed by atoms with Crippen LogP contribution in [0.2, 0.25) is 5.02 Å².